The summed E-state index contributed by atoms with van der Waals surface area (Å²) in [7, 11) is -2.15. The Morgan fingerprint density at radius 3 is 2.20 bits per heavy atom. The Hall–Kier alpha value is -3.72. The zero-order chi connectivity index (χ0) is 62.0. The van der Waals surface area contributed by atoms with Gasteiger partial charge in [0.15, 0.2) is 19.9 Å². The highest BCUT2D eigenvalue weighted by Gasteiger charge is 2.53. The Kier molecular flexibility index (Phi) is 22.7. The van der Waals surface area contributed by atoms with Crippen LogP contribution in [0.15, 0.2) is 47.6 Å². The maximum Gasteiger partial charge on any atom is 0.329 e. The number of carbonyl (C=O) groups is 6. The fourth-order valence-corrected chi connectivity index (χ4v) is 12.8. The van der Waals surface area contributed by atoms with Gasteiger partial charge in [-0.1, -0.05) is 71.1 Å². The Balaban J connectivity index is 1.51. The SMILES string of the molecule is [2H]C([2H])([2H])O[C@@H]1C[C@H](C[C@@H](C)[C@@H]2CC(=O)[C@H](C)/C=C(\C)[C@H](O[Si](C)(C)C)[C@@H](OC)C(=O)[C@H](C)C[C@H](C)/C=C/C=C/C=C(\C)[C@@H](OC)C[C@@H]3CC[C@@H](C)[C@@](O)(O3)C(=O)C(=O)N3CCCC[C@H]3C(=O)O2)CC[C@H]1OC(=O)C1(C)COC(C)(C)OC1. The Bertz CT molecular complexity index is 2370. The number of Topliss-reactive ketones (excluding diaryl/α,β-unsaturated/α-hetero) is 3. The number of piperidine rings is 1. The van der Waals surface area contributed by atoms with Crippen LogP contribution in [0, 0.1) is 40.9 Å². The van der Waals surface area contributed by atoms with Crippen LogP contribution in [0.5, 0.6) is 0 Å². The molecule has 1 saturated carbocycles. The number of aliphatic hydroxyl groups is 1. The Labute approximate surface area is 482 Å². The van der Waals surface area contributed by atoms with E-state index >= 15 is 0 Å². The number of rotatable bonds is 10. The fraction of sp³-hybridized carbons (Fsp3) is 0.774. The first-order valence-electron chi connectivity index (χ1n) is 30.7. The molecule has 4 aliphatic heterocycles. The molecule has 4 heterocycles. The number of hydrogen-bond acceptors (Lipinski definition) is 16. The highest BCUT2D eigenvalue weighted by molar-refractivity contribution is 6.69. The molecule has 18 heteroatoms. The van der Waals surface area contributed by atoms with Crippen LogP contribution in [0.1, 0.15) is 150 Å². The molecule has 1 N–H and O–H groups in total. The molecule has 0 aromatic heterocycles. The monoisotopic (exact) mass is 1140 g/mol. The summed E-state index contributed by atoms with van der Waals surface area (Å²) in [4.78, 5) is 87.9. The lowest BCUT2D eigenvalue weighted by molar-refractivity contribution is -0.283. The van der Waals surface area contributed by atoms with E-state index in [-0.39, 0.29) is 75.3 Å². The van der Waals surface area contributed by atoms with Gasteiger partial charge in [-0.3, -0.25) is 24.0 Å². The molecule has 1 amide bonds. The topological polar surface area (TPSA) is 209 Å². The third kappa shape index (κ3) is 17.9. The third-order valence-electron chi connectivity index (χ3n) is 17.0. The van der Waals surface area contributed by atoms with Crippen LogP contribution < -0.4 is 0 Å². The van der Waals surface area contributed by atoms with Crippen molar-refractivity contribution in [3.05, 3.63) is 47.6 Å². The minimum Gasteiger partial charge on any atom is -0.460 e. The van der Waals surface area contributed by atoms with E-state index in [1.54, 1.807) is 47.8 Å². The van der Waals surface area contributed by atoms with Gasteiger partial charge in [0.1, 0.15) is 35.6 Å². The maximum atomic E-state index is 14.8. The summed E-state index contributed by atoms with van der Waals surface area (Å²) in [5.41, 5.74) is 0.333. The number of fused-ring (bicyclic) bond motifs is 3. The van der Waals surface area contributed by atoms with Crippen molar-refractivity contribution in [2.75, 3.05) is 41.0 Å². The second-order valence-electron chi connectivity index (χ2n) is 25.6. The van der Waals surface area contributed by atoms with E-state index in [1.165, 1.54) is 7.11 Å². The number of cyclic esters (lactones) is 1. The zero-order valence-corrected chi connectivity index (χ0v) is 51.7. The van der Waals surface area contributed by atoms with E-state index in [0.717, 1.165) is 10.5 Å². The van der Waals surface area contributed by atoms with Gasteiger partial charge < -0.3 is 52.3 Å². The molecule has 0 aromatic carbocycles. The predicted octanol–water partition coefficient (Wildman–Crippen LogP) is 9.38. The van der Waals surface area contributed by atoms with Crippen LogP contribution in [0.3, 0.4) is 0 Å². The number of ketones is 3. The molecule has 0 aromatic rings. The van der Waals surface area contributed by atoms with Crippen molar-refractivity contribution in [1.29, 1.82) is 0 Å². The van der Waals surface area contributed by atoms with Crippen molar-refractivity contribution in [2.24, 2.45) is 40.9 Å². The summed E-state index contributed by atoms with van der Waals surface area (Å²) in [5.74, 6) is -10.3. The average Bonchev–Trinajstić information content (AvgIpc) is 3.47. The van der Waals surface area contributed by atoms with Gasteiger partial charge in [-0.05, 0) is 147 Å². The molecule has 5 aliphatic rings. The van der Waals surface area contributed by atoms with E-state index < -0.39 is 128 Å². The van der Waals surface area contributed by atoms with Crippen LogP contribution in [0.2, 0.25) is 19.6 Å². The number of allylic oxidation sites excluding steroid dienone is 6. The molecular weight excluding hydrogens is 1040 g/mol. The molecule has 2 bridgehead atoms. The molecular formula is C62H99NO16Si. The lowest BCUT2D eigenvalue weighted by Gasteiger charge is -2.43. The largest absolute Gasteiger partial charge is 0.460 e. The van der Waals surface area contributed by atoms with E-state index in [9.17, 15) is 33.9 Å². The molecule has 452 valence electrons. The highest BCUT2D eigenvalue weighted by Crippen LogP contribution is 2.40. The first kappa shape index (κ1) is 62.3. The van der Waals surface area contributed by atoms with Gasteiger partial charge in [-0.2, -0.15) is 0 Å². The summed E-state index contributed by atoms with van der Waals surface area (Å²) < 4.78 is 78.6. The molecule has 5 rings (SSSR count). The Morgan fingerprint density at radius 2 is 1.55 bits per heavy atom. The first-order valence-corrected chi connectivity index (χ1v) is 32.6. The minimum absolute atomic E-state index is 0.0114. The number of amides is 1. The van der Waals surface area contributed by atoms with Crippen LogP contribution >= 0.6 is 0 Å². The van der Waals surface area contributed by atoms with Crippen molar-refractivity contribution in [3.8, 4) is 0 Å². The first-order chi connectivity index (χ1) is 38.6. The van der Waals surface area contributed by atoms with Gasteiger partial charge in [0.2, 0.25) is 5.79 Å². The number of hydrogen-bond donors (Lipinski definition) is 1. The van der Waals surface area contributed by atoms with Crippen molar-refractivity contribution < 1.29 is 80.3 Å². The van der Waals surface area contributed by atoms with Gasteiger partial charge >= 0.3 is 11.9 Å². The summed E-state index contributed by atoms with van der Waals surface area (Å²) in [5, 5.41) is 12.1. The summed E-state index contributed by atoms with van der Waals surface area (Å²) in [6.45, 7) is 24.2. The predicted molar refractivity (Wildman–Crippen MR) is 305 cm³/mol. The number of methoxy groups -OCH3 is 3. The normalized spacial score (nSPS) is 38.4. The van der Waals surface area contributed by atoms with Crippen LogP contribution in [0.25, 0.3) is 0 Å². The van der Waals surface area contributed by atoms with Crippen LogP contribution in [-0.2, 0) is 71.1 Å². The molecule has 1 aliphatic carbocycles. The third-order valence-corrected chi connectivity index (χ3v) is 17.9. The number of carbonyl (C=O) groups excluding carboxylic acids is 6. The van der Waals surface area contributed by atoms with Gasteiger partial charge in [-0.15, -0.1) is 0 Å². The van der Waals surface area contributed by atoms with E-state index in [1.807, 2.05) is 84.6 Å². The van der Waals surface area contributed by atoms with Gasteiger partial charge in [0.25, 0.3) is 11.7 Å². The number of esters is 2. The molecule has 0 spiro atoms. The maximum absolute atomic E-state index is 14.8. The Morgan fingerprint density at radius 1 is 0.850 bits per heavy atom. The van der Waals surface area contributed by atoms with Crippen molar-refractivity contribution in [2.45, 2.75) is 226 Å². The molecule has 0 unspecified atom stereocenters. The molecule has 4 fully saturated rings. The second kappa shape index (κ2) is 29.2. The summed E-state index contributed by atoms with van der Waals surface area (Å²) in [6.07, 6.45) is 9.22. The number of ether oxygens (including phenoxy) is 8. The fourth-order valence-electron chi connectivity index (χ4n) is 11.8. The van der Waals surface area contributed by atoms with E-state index in [4.69, 9.17) is 46.4 Å². The standard InChI is InChI=1S/C62H99NO16Si/c1-38-22-18-17-19-23-39(2)50(71-11)34-46-27-25-44(7)62(70,78-46)56(66)57(67)63-29-21-20-24-47(63)58(68)76-51(35-48(64)40(3)31-43(6)54(79-80(14,15)16)55(73-13)53(65)42(5)30-38)41(4)32-45-26-28-49(52(33-45)72-12)77-59(69)61(10)36-74-60(8,9)75-37-61/h17-19,22-23,31,38,40-42,44-47,49-52,54-55,70H,20-21,24-30,32-37H2,1-16H3/b19-17+,22-18+,39-23+,43-31+/t38-,40-,41-,42-,44-,45+,46+,47+,49-,50+,51+,52-,54+,55+,62-/m1/s1/i12D3. The molecule has 80 heavy (non-hydrogen) atoms. The average molecular weight is 1150 g/mol. The molecule has 0 radical (unpaired) electrons. The van der Waals surface area contributed by atoms with Crippen molar-refractivity contribution >= 4 is 43.5 Å². The van der Waals surface area contributed by atoms with E-state index in [2.05, 4.69) is 0 Å². The number of nitrogens with zero attached hydrogens (tertiary/aromatic N) is 1. The van der Waals surface area contributed by atoms with Crippen molar-refractivity contribution in [1.82, 2.24) is 4.90 Å². The minimum atomic E-state index is -2.83. The lowest BCUT2D eigenvalue weighted by Crippen LogP contribution is -2.61. The highest BCUT2D eigenvalue weighted by atomic mass is 28.4. The summed E-state index contributed by atoms with van der Waals surface area (Å²) in [6, 6.07) is -1.24. The van der Waals surface area contributed by atoms with Gasteiger partial charge in [-0.25, -0.2) is 4.79 Å². The molecule has 15 atom stereocenters. The second-order valence-corrected chi connectivity index (χ2v) is 30.1. The lowest BCUT2D eigenvalue weighted by atomic mass is 9.78. The van der Waals surface area contributed by atoms with Crippen molar-refractivity contribution in [3.63, 3.8) is 0 Å². The smallest absolute Gasteiger partial charge is 0.329 e. The van der Waals surface area contributed by atoms with Gasteiger partial charge in [0, 0.05) is 58.4 Å². The van der Waals surface area contributed by atoms with Crippen LogP contribution in [0.4, 0.5) is 0 Å². The molecule has 17 nitrogen and oxygen atoms in total. The summed E-state index contributed by atoms with van der Waals surface area (Å²) >= 11 is 0. The zero-order valence-electron chi connectivity index (χ0n) is 53.7. The quantitative estimate of drug-likeness (QED) is 0.0935. The van der Waals surface area contributed by atoms with Crippen LogP contribution in [-0.4, -0.2) is 155 Å². The van der Waals surface area contributed by atoms with Gasteiger partial charge in [0.05, 0.1) is 41.7 Å². The molecule has 3 saturated heterocycles. The van der Waals surface area contributed by atoms with E-state index in [0.29, 0.717) is 50.5 Å².